The highest BCUT2D eigenvalue weighted by molar-refractivity contribution is 7.92. The van der Waals surface area contributed by atoms with Crippen molar-refractivity contribution < 1.29 is 17.9 Å². The van der Waals surface area contributed by atoms with Crippen LogP contribution in [0.1, 0.15) is 5.69 Å². The minimum atomic E-state index is -3.42. The van der Waals surface area contributed by atoms with E-state index in [0.717, 1.165) is 61.6 Å². The molecule has 0 spiro atoms. The van der Waals surface area contributed by atoms with Crippen molar-refractivity contribution in [2.75, 3.05) is 44.4 Å². The van der Waals surface area contributed by atoms with Crippen molar-refractivity contribution in [1.82, 2.24) is 14.3 Å². The van der Waals surface area contributed by atoms with Gasteiger partial charge in [0.2, 0.25) is 10.0 Å². The van der Waals surface area contributed by atoms with Gasteiger partial charge < -0.3 is 13.9 Å². The van der Waals surface area contributed by atoms with Gasteiger partial charge in [0, 0.05) is 25.8 Å². The number of morpholine rings is 1. The first kappa shape index (κ1) is 19.7. The molecule has 0 atom stereocenters. The minimum absolute atomic E-state index is 0.409. The summed E-state index contributed by atoms with van der Waals surface area (Å²) in [6, 6.07) is 9.39. The second-order valence-electron chi connectivity index (χ2n) is 7.07. The molecule has 0 amide bonds. The molecule has 1 N–H and O–H groups in total. The van der Waals surface area contributed by atoms with Crippen LogP contribution in [0.3, 0.4) is 0 Å². The van der Waals surface area contributed by atoms with E-state index in [-0.39, 0.29) is 0 Å². The van der Waals surface area contributed by atoms with Gasteiger partial charge in [-0.1, -0.05) is 6.07 Å². The van der Waals surface area contributed by atoms with Crippen molar-refractivity contribution in [3.8, 4) is 16.9 Å². The number of fused-ring (bicyclic) bond motifs is 1. The Balaban J connectivity index is 1.68. The third-order valence-electron chi connectivity index (χ3n) is 4.90. The van der Waals surface area contributed by atoms with E-state index < -0.39 is 10.0 Å². The molecule has 8 nitrogen and oxygen atoms in total. The van der Waals surface area contributed by atoms with Crippen molar-refractivity contribution in [3.05, 3.63) is 48.4 Å². The lowest BCUT2D eigenvalue weighted by molar-refractivity contribution is 0.0335. The van der Waals surface area contributed by atoms with Crippen LogP contribution in [0.5, 0.6) is 5.75 Å². The Morgan fingerprint density at radius 2 is 1.93 bits per heavy atom. The lowest BCUT2D eigenvalue weighted by Gasteiger charge is -2.26. The lowest BCUT2D eigenvalue weighted by Crippen LogP contribution is -2.35. The summed E-state index contributed by atoms with van der Waals surface area (Å²) in [6.45, 7) is 4.13. The standard InChI is InChI=1S/C20H24N4O4S/c1-27-19-5-3-15(11-18(19)22-29(2,25)26)16-4-6-20-21-12-17(24(20)13-16)14-23-7-9-28-10-8-23/h3-6,11-13,22H,7-10,14H2,1-2H3. The van der Waals surface area contributed by atoms with Gasteiger partial charge in [-0.3, -0.25) is 9.62 Å². The number of benzene rings is 1. The van der Waals surface area contributed by atoms with E-state index in [4.69, 9.17) is 9.47 Å². The first-order valence-electron chi connectivity index (χ1n) is 9.35. The van der Waals surface area contributed by atoms with Gasteiger partial charge in [-0.2, -0.15) is 0 Å². The fraction of sp³-hybridized carbons (Fsp3) is 0.350. The third kappa shape index (κ3) is 4.52. The zero-order valence-corrected chi connectivity index (χ0v) is 17.3. The number of methoxy groups -OCH3 is 1. The van der Waals surface area contributed by atoms with Crippen molar-refractivity contribution >= 4 is 21.4 Å². The van der Waals surface area contributed by atoms with Crippen LogP contribution in [-0.2, 0) is 21.3 Å². The Morgan fingerprint density at radius 3 is 2.66 bits per heavy atom. The Labute approximate surface area is 170 Å². The number of imidazole rings is 1. The Morgan fingerprint density at radius 1 is 1.17 bits per heavy atom. The predicted octanol–water partition coefficient (Wildman–Crippen LogP) is 2.21. The minimum Gasteiger partial charge on any atom is -0.495 e. The summed E-state index contributed by atoms with van der Waals surface area (Å²) in [5, 5.41) is 0. The molecule has 0 radical (unpaired) electrons. The van der Waals surface area contributed by atoms with Crippen molar-refractivity contribution in [3.63, 3.8) is 0 Å². The summed E-state index contributed by atoms with van der Waals surface area (Å²) in [5.74, 6) is 0.468. The summed E-state index contributed by atoms with van der Waals surface area (Å²) < 4.78 is 38.7. The van der Waals surface area contributed by atoms with E-state index in [1.54, 1.807) is 12.1 Å². The van der Waals surface area contributed by atoms with Gasteiger partial charge in [-0.25, -0.2) is 13.4 Å². The van der Waals surface area contributed by atoms with E-state index in [1.807, 2.05) is 30.6 Å². The molecule has 0 aliphatic carbocycles. The summed E-state index contributed by atoms with van der Waals surface area (Å²) in [5.41, 5.74) is 4.22. The van der Waals surface area contributed by atoms with Crippen LogP contribution < -0.4 is 9.46 Å². The van der Waals surface area contributed by atoms with E-state index in [0.29, 0.717) is 11.4 Å². The van der Waals surface area contributed by atoms with Crippen LogP contribution in [0.25, 0.3) is 16.8 Å². The number of nitrogens with zero attached hydrogens (tertiary/aromatic N) is 3. The molecule has 1 saturated heterocycles. The highest BCUT2D eigenvalue weighted by Crippen LogP contribution is 2.31. The Hall–Kier alpha value is -2.62. The molecule has 29 heavy (non-hydrogen) atoms. The average molecular weight is 417 g/mol. The van der Waals surface area contributed by atoms with Gasteiger partial charge in [-0.15, -0.1) is 0 Å². The van der Waals surface area contributed by atoms with Crippen molar-refractivity contribution in [2.24, 2.45) is 0 Å². The molecule has 0 saturated carbocycles. The Kier molecular flexibility index (Phi) is 5.44. The number of hydrogen-bond donors (Lipinski definition) is 1. The smallest absolute Gasteiger partial charge is 0.229 e. The number of hydrogen-bond acceptors (Lipinski definition) is 6. The Bertz CT molecular complexity index is 1120. The van der Waals surface area contributed by atoms with Gasteiger partial charge in [0.05, 0.1) is 44.2 Å². The van der Waals surface area contributed by atoms with Crippen molar-refractivity contribution in [2.45, 2.75) is 6.54 Å². The van der Waals surface area contributed by atoms with Crippen LogP contribution in [0, 0.1) is 0 Å². The van der Waals surface area contributed by atoms with Gasteiger partial charge >= 0.3 is 0 Å². The molecule has 1 aliphatic rings. The maximum atomic E-state index is 11.7. The normalized spacial score (nSPS) is 15.5. The largest absolute Gasteiger partial charge is 0.495 e. The summed E-state index contributed by atoms with van der Waals surface area (Å²) in [7, 11) is -1.91. The van der Waals surface area contributed by atoms with Crippen LogP contribution in [0.15, 0.2) is 42.7 Å². The molecule has 1 aromatic carbocycles. The highest BCUT2D eigenvalue weighted by atomic mass is 32.2. The molecule has 3 aromatic rings. The molecule has 9 heteroatoms. The molecule has 154 valence electrons. The summed E-state index contributed by atoms with van der Waals surface area (Å²) in [6.07, 6.45) is 5.05. The van der Waals surface area contributed by atoms with E-state index in [2.05, 4.69) is 19.0 Å². The van der Waals surface area contributed by atoms with Crippen molar-refractivity contribution in [1.29, 1.82) is 0 Å². The number of rotatable bonds is 6. The molecule has 0 bridgehead atoms. The zero-order valence-electron chi connectivity index (χ0n) is 16.5. The highest BCUT2D eigenvalue weighted by Gasteiger charge is 2.15. The van der Waals surface area contributed by atoms with Crippen LogP contribution >= 0.6 is 0 Å². The molecule has 1 aliphatic heterocycles. The first-order valence-corrected chi connectivity index (χ1v) is 11.2. The van der Waals surface area contributed by atoms with E-state index in [1.165, 1.54) is 7.11 Å². The number of ether oxygens (including phenoxy) is 2. The number of aromatic nitrogens is 2. The van der Waals surface area contributed by atoms with Gasteiger partial charge in [0.25, 0.3) is 0 Å². The fourth-order valence-corrected chi connectivity index (χ4v) is 4.03. The fourth-order valence-electron chi connectivity index (χ4n) is 3.47. The molecule has 1 fully saturated rings. The second-order valence-corrected chi connectivity index (χ2v) is 8.82. The lowest BCUT2D eigenvalue weighted by atomic mass is 10.1. The topological polar surface area (TPSA) is 85.2 Å². The monoisotopic (exact) mass is 416 g/mol. The zero-order chi connectivity index (χ0) is 20.4. The number of sulfonamides is 1. The molecular formula is C20H24N4O4S. The maximum absolute atomic E-state index is 11.7. The molecular weight excluding hydrogens is 392 g/mol. The predicted molar refractivity (Wildman–Crippen MR) is 112 cm³/mol. The van der Waals surface area contributed by atoms with E-state index in [9.17, 15) is 8.42 Å². The van der Waals surface area contributed by atoms with Crippen LogP contribution in [-0.4, -0.2) is 62.4 Å². The first-order chi connectivity index (χ1) is 13.9. The van der Waals surface area contributed by atoms with Crippen LogP contribution in [0.4, 0.5) is 5.69 Å². The molecule has 2 aromatic heterocycles. The second kappa shape index (κ2) is 8.02. The third-order valence-corrected chi connectivity index (χ3v) is 5.49. The maximum Gasteiger partial charge on any atom is 0.229 e. The summed E-state index contributed by atoms with van der Waals surface area (Å²) >= 11 is 0. The summed E-state index contributed by atoms with van der Waals surface area (Å²) in [4.78, 5) is 6.85. The number of anilines is 1. The van der Waals surface area contributed by atoms with Gasteiger partial charge in [0.1, 0.15) is 11.4 Å². The van der Waals surface area contributed by atoms with Gasteiger partial charge in [0.15, 0.2) is 0 Å². The van der Waals surface area contributed by atoms with E-state index >= 15 is 0 Å². The molecule has 0 unspecified atom stereocenters. The van der Waals surface area contributed by atoms with Crippen LogP contribution in [0.2, 0.25) is 0 Å². The molecule has 3 heterocycles. The average Bonchev–Trinajstić information content (AvgIpc) is 3.09. The number of pyridine rings is 1. The molecule has 4 rings (SSSR count). The number of nitrogens with one attached hydrogen (secondary N) is 1. The van der Waals surface area contributed by atoms with Gasteiger partial charge in [-0.05, 0) is 35.4 Å². The SMILES string of the molecule is COc1ccc(-c2ccc3ncc(CN4CCOCC4)n3c2)cc1NS(C)(=O)=O. The quantitative estimate of drug-likeness (QED) is 0.663.